The van der Waals surface area contributed by atoms with Gasteiger partial charge in [-0.3, -0.25) is 4.79 Å². The summed E-state index contributed by atoms with van der Waals surface area (Å²) in [5, 5.41) is 19.8. The van der Waals surface area contributed by atoms with Gasteiger partial charge in [0.05, 0.1) is 23.1 Å². The summed E-state index contributed by atoms with van der Waals surface area (Å²) in [6, 6.07) is 13.7. The number of nitrogens with zero attached hydrogens (tertiary/aromatic N) is 9. The van der Waals surface area contributed by atoms with Gasteiger partial charge in [0.2, 0.25) is 5.91 Å². The molecule has 0 bridgehead atoms. The van der Waals surface area contributed by atoms with Crippen molar-refractivity contribution >= 4 is 57.3 Å². The molecule has 1 amide bonds. The molecule has 1 aliphatic heterocycles. The molecule has 1 fully saturated rings. The number of amides is 1. The smallest absolute Gasteiger partial charge is 0.292 e. The molecular formula is C39H47ClN12O3. The molecule has 1 saturated heterocycles. The maximum Gasteiger partial charge on any atom is 0.292 e. The lowest BCUT2D eigenvalue weighted by Crippen LogP contribution is -2.51. The molecule has 8 rings (SSSR count). The molecule has 3 atom stereocenters. The van der Waals surface area contributed by atoms with Crippen molar-refractivity contribution in [3.8, 4) is 11.3 Å². The van der Waals surface area contributed by atoms with Crippen molar-refractivity contribution in [3.05, 3.63) is 77.0 Å². The van der Waals surface area contributed by atoms with Gasteiger partial charge in [-0.05, 0) is 62.1 Å². The Morgan fingerprint density at radius 1 is 1.00 bits per heavy atom. The second kappa shape index (κ2) is 15.8. The number of aliphatic hydroxyl groups is 1. The molecule has 2 aromatic carbocycles. The quantitative estimate of drug-likeness (QED) is 0.152. The van der Waals surface area contributed by atoms with E-state index in [4.69, 9.17) is 27.5 Å². The first kappa shape index (κ1) is 37.9. The number of rotatable bonds is 8. The van der Waals surface area contributed by atoms with E-state index >= 15 is 0 Å². The lowest BCUT2D eigenvalue weighted by atomic mass is 9.96. The summed E-state index contributed by atoms with van der Waals surface area (Å²) in [5.74, 6) is 1.42. The lowest BCUT2D eigenvalue weighted by Gasteiger charge is -2.38. The number of nitrogens with two attached hydrogens (primary N) is 2. The Kier molecular flexibility index (Phi) is 10.9. The van der Waals surface area contributed by atoms with Crippen LogP contribution in [0.25, 0.3) is 33.4 Å². The largest absolute Gasteiger partial charge is 0.424 e. The van der Waals surface area contributed by atoms with Gasteiger partial charge >= 0.3 is 0 Å². The standard InChI is InChI=1S/C24H32ClN5O2.C15H15N7O/c1-15(2)26-13-19(17-4-6-18(25)7-5-17)24(32)30-10-8-29(9-11-30)23-21-16(3)12-20(31)22(21)27-14-28-23;1-7(2)22-14-11(13(16)18-6-19-14)12(21-22)8-3-4-10-9(5-8)20-15(17)23-10/h4-7,14-16,19-20,26,31H,8-13H2,1-3H3;3-7H,1-2H3,(H2,17,20)(H2,16,18,19). The molecule has 55 heavy (non-hydrogen) atoms. The van der Waals surface area contributed by atoms with Gasteiger partial charge in [-0.2, -0.15) is 10.1 Å². The highest BCUT2D eigenvalue weighted by molar-refractivity contribution is 6.30. The molecule has 6 aromatic rings. The number of piperazine rings is 1. The van der Waals surface area contributed by atoms with Crippen LogP contribution in [0, 0.1) is 0 Å². The van der Waals surface area contributed by atoms with Crippen LogP contribution < -0.4 is 21.7 Å². The maximum absolute atomic E-state index is 13.5. The van der Waals surface area contributed by atoms with E-state index in [-0.39, 0.29) is 29.8 Å². The van der Waals surface area contributed by atoms with Gasteiger partial charge in [-0.1, -0.05) is 44.5 Å². The molecule has 3 unspecified atom stereocenters. The minimum absolute atomic E-state index is 0.136. The maximum atomic E-state index is 13.5. The van der Waals surface area contributed by atoms with Gasteiger partial charge in [-0.15, -0.1) is 0 Å². The van der Waals surface area contributed by atoms with E-state index in [0.29, 0.717) is 72.8 Å². The van der Waals surface area contributed by atoms with E-state index in [1.165, 1.54) is 6.33 Å². The summed E-state index contributed by atoms with van der Waals surface area (Å²) < 4.78 is 7.14. The van der Waals surface area contributed by atoms with Crippen LogP contribution in [0.3, 0.4) is 0 Å². The van der Waals surface area contributed by atoms with Gasteiger partial charge in [0.1, 0.15) is 35.5 Å². The number of halogens is 1. The number of aromatic nitrogens is 7. The molecule has 0 saturated carbocycles. The average molecular weight is 767 g/mol. The third-order valence-corrected chi connectivity index (χ3v) is 10.4. The van der Waals surface area contributed by atoms with Gasteiger partial charge < -0.3 is 36.1 Å². The van der Waals surface area contributed by atoms with Crippen molar-refractivity contribution in [1.29, 1.82) is 0 Å². The number of fused-ring (bicyclic) bond motifs is 3. The van der Waals surface area contributed by atoms with E-state index in [1.54, 1.807) is 6.33 Å². The number of oxazole rings is 1. The zero-order chi connectivity index (χ0) is 39.0. The van der Waals surface area contributed by atoms with Crippen molar-refractivity contribution in [2.24, 2.45) is 0 Å². The summed E-state index contributed by atoms with van der Waals surface area (Å²) in [6.45, 7) is 13.6. The molecule has 15 nitrogen and oxygen atoms in total. The molecule has 16 heteroatoms. The highest BCUT2D eigenvalue weighted by atomic mass is 35.5. The Hall–Kier alpha value is -5.38. The number of hydrogen-bond donors (Lipinski definition) is 4. The van der Waals surface area contributed by atoms with E-state index < -0.39 is 6.10 Å². The van der Waals surface area contributed by atoms with Crippen LogP contribution in [-0.2, 0) is 4.79 Å². The zero-order valence-corrected chi connectivity index (χ0v) is 32.4. The Bertz CT molecular complexity index is 2300. The van der Waals surface area contributed by atoms with E-state index in [9.17, 15) is 9.90 Å². The van der Waals surface area contributed by atoms with E-state index in [1.807, 2.05) is 65.9 Å². The van der Waals surface area contributed by atoms with Crippen LogP contribution in [0.4, 0.5) is 17.7 Å². The average Bonchev–Trinajstić information content (AvgIpc) is 3.84. The van der Waals surface area contributed by atoms with Gasteiger partial charge in [-0.25, -0.2) is 24.6 Å². The number of benzene rings is 2. The molecule has 4 aromatic heterocycles. The monoisotopic (exact) mass is 766 g/mol. The fourth-order valence-electron chi connectivity index (χ4n) is 7.36. The van der Waals surface area contributed by atoms with Crippen LogP contribution in [0.1, 0.15) is 81.8 Å². The highest BCUT2D eigenvalue weighted by Gasteiger charge is 2.35. The van der Waals surface area contributed by atoms with Crippen LogP contribution in [0.5, 0.6) is 0 Å². The third kappa shape index (κ3) is 7.77. The fraction of sp³-hybridized carbons (Fsp3) is 0.410. The van der Waals surface area contributed by atoms with Crippen molar-refractivity contribution in [3.63, 3.8) is 0 Å². The third-order valence-electron chi connectivity index (χ3n) is 10.2. The Balaban J connectivity index is 0.000000178. The first-order chi connectivity index (χ1) is 26.4. The van der Waals surface area contributed by atoms with Crippen LogP contribution in [0.15, 0.2) is 59.5 Å². The zero-order valence-electron chi connectivity index (χ0n) is 31.6. The van der Waals surface area contributed by atoms with Gasteiger partial charge in [0, 0.05) is 61.0 Å². The van der Waals surface area contributed by atoms with Gasteiger partial charge in [0.15, 0.2) is 11.2 Å². The van der Waals surface area contributed by atoms with Crippen molar-refractivity contribution in [2.75, 3.05) is 49.1 Å². The highest BCUT2D eigenvalue weighted by Crippen LogP contribution is 2.43. The number of aliphatic hydroxyl groups excluding tert-OH is 1. The number of hydrogen-bond acceptors (Lipinski definition) is 13. The van der Waals surface area contributed by atoms with Crippen molar-refractivity contribution in [1.82, 2.24) is 44.9 Å². The molecule has 6 N–H and O–H groups in total. The minimum atomic E-state index is -0.516. The molecular weight excluding hydrogens is 720 g/mol. The summed E-state index contributed by atoms with van der Waals surface area (Å²) in [7, 11) is 0. The number of carbonyl (C=O) groups is 1. The van der Waals surface area contributed by atoms with E-state index in [0.717, 1.165) is 39.3 Å². The number of nitrogens with one attached hydrogen (secondary N) is 1. The second-order valence-corrected chi connectivity index (χ2v) is 15.1. The van der Waals surface area contributed by atoms with Crippen LogP contribution >= 0.6 is 11.6 Å². The van der Waals surface area contributed by atoms with Crippen molar-refractivity contribution in [2.45, 2.75) is 71.1 Å². The first-order valence-electron chi connectivity index (χ1n) is 18.6. The predicted octanol–water partition coefficient (Wildman–Crippen LogP) is 5.48. The minimum Gasteiger partial charge on any atom is -0.424 e. The predicted molar refractivity (Wildman–Crippen MR) is 214 cm³/mol. The van der Waals surface area contributed by atoms with E-state index in [2.05, 4.69) is 61.0 Å². The fourth-order valence-corrected chi connectivity index (χ4v) is 7.49. The number of anilines is 3. The second-order valence-electron chi connectivity index (χ2n) is 14.7. The van der Waals surface area contributed by atoms with Crippen molar-refractivity contribution < 1.29 is 14.3 Å². The Labute approximate surface area is 324 Å². The molecule has 0 radical (unpaired) electrons. The molecule has 1 aliphatic carbocycles. The molecule has 5 heterocycles. The summed E-state index contributed by atoms with van der Waals surface area (Å²) in [6.07, 6.45) is 3.16. The summed E-state index contributed by atoms with van der Waals surface area (Å²) in [4.78, 5) is 39.1. The first-order valence-corrected chi connectivity index (χ1v) is 19.0. The molecule has 288 valence electrons. The summed E-state index contributed by atoms with van der Waals surface area (Å²) in [5.41, 5.74) is 18.0. The van der Waals surface area contributed by atoms with Gasteiger partial charge in [0.25, 0.3) is 6.01 Å². The Morgan fingerprint density at radius 2 is 1.73 bits per heavy atom. The van der Waals surface area contributed by atoms with Crippen LogP contribution in [-0.4, -0.2) is 89.4 Å². The lowest BCUT2D eigenvalue weighted by molar-refractivity contribution is -0.133. The SMILES string of the molecule is CC(C)NCC(C(=O)N1CCN(c2ncnc3c2C(C)CC3O)CC1)c1ccc(Cl)cc1.CC(C)n1nc(-c2ccc3oc(N)nc3c2)c2c(N)ncnc21. The normalized spacial score (nSPS) is 17.5. The number of carbonyl (C=O) groups excluding carboxylic acids is 1. The summed E-state index contributed by atoms with van der Waals surface area (Å²) >= 11 is 6.06. The number of nitrogen functional groups attached to an aromatic ring is 2. The molecule has 0 spiro atoms. The van der Waals surface area contributed by atoms with Crippen LogP contribution in [0.2, 0.25) is 5.02 Å². The Morgan fingerprint density at radius 3 is 2.44 bits per heavy atom. The molecule has 2 aliphatic rings. The topological polar surface area (TPSA) is 203 Å².